The monoisotopic (exact) mass is 367 g/mol. The van der Waals surface area contributed by atoms with E-state index in [-0.39, 0.29) is 0 Å². The highest BCUT2D eigenvalue weighted by Gasteiger charge is 2.16. The Kier molecular flexibility index (Phi) is 6.71. The zero-order valence-corrected chi connectivity index (χ0v) is 16.1. The summed E-state index contributed by atoms with van der Waals surface area (Å²) in [6.07, 6.45) is 2.17. The molecule has 0 bridgehead atoms. The lowest BCUT2D eigenvalue weighted by Gasteiger charge is -2.25. The summed E-state index contributed by atoms with van der Waals surface area (Å²) in [6, 6.07) is 15.6. The standard InChI is InChI=1S/C22H29N3O2/c1-18-6-2-3-7-21(18)25-14-4-12-24(15-16-25)13-5-17-27-20-10-8-19(9-11-20)22(23)26/h2-3,6-11H,4-5,12-17H2,1H3,(H2,23,26). The Balaban J connectivity index is 1.40. The van der Waals surface area contributed by atoms with Crippen molar-refractivity contribution in [1.82, 2.24) is 4.90 Å². The number of carbonyl (C=O) groups excluding carboxylic acids is 1. The minimum absolute atomic E-state index is 0.414. The van der Waals surface area contributed by atoms with Crippen LogP contribution < -0.4 is 15.4 Å². The van der Waals surface area contributed by atoms with Crippen molar-refractivity contribution in [3.8, 4) is 5.75 Å². The van der Waals surface area contributed by atoms with E-state index in [1.807, 2.05) is 0 Å². The van der Waals surface area contributed by atoms with Gasteiger partial charge in [-0.25, -0.2) is 0 Å². The van der Waals surface area contributed by atoms with Crippen LogP contribution in [-0.4, -0.2) is 50.1 Å². The number of hydrogen-bond acceptors (Lipinski definition) is 4. The van der Waals surface area contributed by atoms with Crippen LogP contribution in [0.2, 0.25) is 0 Å². The number of hydrogen-bond donors (Lipinski definition) is 1. The summed E-state index contributed by atoms with van der Waals surface area (Å²) in [6.45, 7) is 8.31. The van der Waals surface area contributed by atoms with Crippen molar-refractivity contribution in [2.75, 3.05) is 44.2 Å². The fraction of sp³-hybridized carbons (Fsp3) is 0.409. The first kappa shape index (κ1) is 19.2. The smallest absolute Gasteiger partial charge is 0.248 e. The average molecular weight is 367 g/mol. The molecule has 0 unspecified atom stereocenters. The molecule has 2 aromatic rings. The van der Waals surface area contributed by atoms with Gasteiger partial charge in [-0.05, 0) is 62.2 Å². The molecular formula is C22H29N3O2. The van der Waals surface area contributed by atoms with Crippen LogP contribution in [0.15, 0.2) is 48.5 Å². The van der Waals surface area contributed by atoms with E-state index < -0.39 is 5.91 Å². The highest BCUT2D eigenvalue weighted by Crippen LogP contribution is 2.21. The molecule has 1 heterocycles. The number of carbonyl (C=O) groups is 1. The Labute approximate surface area is 161 Å². The summed E-state index contributed by atoms with van der Waals surface area (Å²) < 4.78 is 5.78. The lowest BCUT2D eigenvalue weighted by molar-refractivity contribution is 0.100. The molecule has 0 saturated carbocycles. The molecule has 1 amide bonds. The number of ether oxygens (including phenoxy) is 1. The lowest BCUT2D eigenvalue weighted by Crippen LogP contribution is -2.32. The Morgan fingerprint density at radius 3 is 2.56 bits per heavy atom. The number of aryl methyl sites for hydroxylation is 1. The molecule has 2 N–H and O–H groups in total. The van der Waals surface area contributed by atoms with Crippen molar-refractivity contribution in [3.05, 3.63) is 59.7 Å². The van der Waals surface area contributed by atoms with Crippen LogP contribution in [0.5, 0.6) is 5.75 Å². The van der Waals surface area contributed by atoms with Crippen molar-refractivity contribution < 1.29 is 9.53 Å². The summed E-state index contributed by atoms with van der Waals surface area (Å²) in [5.41, 5.74) is 8.46. The van der Waals surface area contributed by atoms with E-state index in [9.17, 15) is 4.79 Å². The molecule has 0 radical (unpaired) electrons. The summed E-state index contributed by atoms with van der Waals surface area (Å²) in [4.78, 5) is 16.1. The van der Waals surface area contributed by atoms with Crippen molar-refractivity contribution in [1.29, 1.82) is 0 Å². The number of nitrogens with two attached hydrogens (primary N) is 1. The second-order valence-corrected chi connectivity index (χ2v) is 7.06. The first-order chi connectivity index (χ1) is 13.1. The molecule has 1 saturated heterocycles. The van der Waals surface area contributed by atoms with Gasteiger partial charge in [0.05, 0.1) is 6.61 Å². The SMILES string of the molecule is Cc1ccccc1N1CCCN(CCCOc2ccc(C(N)=O)cc2)CC1. The Morgan fingerprint density at radius 2 is 1.81 bits per heavy atom. The Bertz CT molecular complexity index is 745. The van der Waals surface area contributed by atoms with Gasteiger partial charge in [0.25, 0.3) is 0 Å². The molecule has 144 valence electrons. The second-order valence-electron chi connectivity index (χ2n) is 7.06. The van der Waals surface area contributed by atoms with Crippen LogP contribution in [-0.2, 0) is 0 Å². The van der Waals surface area contributed by atoms with E-state index in [4.69, 9.17) is 10.5 Å². The first-order valence-electron chi connectivity index (χ1n) is 9.69. The van der Waals surface area contributed by atoms with Gasteiger partial charge in [-0.2, -0.15) is 0 Å². The van der Waals surface area contributed by atoms with Gasteiger partial charge in [0, 0.05) is 37.4 Å². The van der Waals surface area contributed by atoms with Crippen LogP contribution in [0.3, 0.4) is 0 Å². The first-order valence-corrected chi connectivity index (χ1v) is 9.69. The van der Waals surface area contributed by atoms with Crippen molar-refractivity contribution in [2.24, 2.45) is 5.73 Å². The molecule has 5 heteroatoms. The molecule has 27 heavy (non-hydrogen) atoms. The van der Waals surface area contributed by atoms with E-state index in [0.29, 0.717) is 12.2 Å². The number of amides is 1. The fourth-order valence-corrected chi connectivity index (χ4v) is 3.55. The van der Waals surface area contributed by atoms with Crippen LogP contribution >= 0.6 is 0 Å². The van der Waals surface area contributed by atoms with Crippen LogP contribution in [0, 0.1) is 6.92 Å². The molecule has 1 fully saturated rings. The third-order valence-corrected chi connectivity index (χ3v) is 5.07. The molecule has 5 nitrogen and oxygen atoms in total. The molecule has 0 aliphatic carbocycles. The van der Waals surface area contributed by atoms with E-state index in [0.717, 1.165) is 44.9 Å². The fourth-order valence-electron chi connectivity index (χ4n) is 3.55. The molecule has 1 aliphatic rings. The van der Waals surface area contributed by atoms with E-state index in [2.05, 4.69) is 41.0 Å². The molecule has 3 rings (SSSR count). The summed E-state index contributed by atoms with van der Waals surface area (Å²) >= 11 is 0. The number of benzene rings is 2. The van der Waals surface area contributed by atoms with Gasteiger partial charge in [0.15, 0.2) is 0 Å². The maximum absolute atomic E-state index is 11.1. The normalized spacial score (nSPS) is 15.4. The minimum atomic E-state index is -0.414. The predicted molar refractivity (Wildman–Crippen MR) is 110 cm³/mol. The Hall–Kier alpha value is -2.53. The predicted octanol–water partition coefficient (Wildman–Crippen LogP) is 3.08. The maximum atomic E-state index is 11.1. The minimum Gasteiger partial charge on any atom is -0.494 e. The molecule has 2 aromatic carbocycles. The number of para-hydroxylation sites is 1. The van der Waals surface area contributed by atoms with E-state index >= 15 is 0 Å². The molecule has 0 aromatic heterocycles. The van der Waals surface area contributed by atoms with Gasteiger partial charge >= 0.3 is 0 Å². The second kappa shape index (κ2) is 9.42. The zero-order chi connectivity index (χ0) is 19.1. The summed E-state index contributed by atoms with van der Waals surface area (Å²) in [5.74, 6) is 0.365. The van der Waals surface area contributed by atoms with Gasteiger partial charge in [-0.15, -0.1) is 0 Å². The molecule has 0 atom stereocenters. The summed E-state index contributed by atoms with van der Waals surface area (Å²) in [5, 5.41) is 0. The topological polar surface area (TPSA) is 58.8 Å². The van der Waals surface area contributed by atoms with Crippen molar-refractivity contribution in [2.45, 2.75) is 19.8 Å². The molecule has 1 aliphatic heterocycles. The molecule has 0 spiro atoms. The number of primary amides is 1. The largest absolute Gasteiger partial charge is 0.494 e. The van der Waals surface area contributed by atoms with Gasteiger partial charge in [0.2, 0.25) is 5.91 Å². The van der Waals surface area contributed by atoms with Gasteiger partial charge < -0.3 is 20.3 Å². The highest BCUT2D eigenvalue weighted by molar-refractivity contribution is 5.92. The van der Waals surface area contributed by atoms with Crippen LogP contribution in [0.25, 0.3) is 0 Å². The molecular weight excluding hydrogens is 338 g/mol. The zero-order valence-electron chi connectivity index (χ0n) is 16.1. The maximum Gasteiger partial charge on any atom is 0.248 e. The number of nitrogens with zero attached hydrogens (tertiary/aromatic N) is 2. The third-order valence-electron chi connectivity index (χ3n) is 5.07. The van der Waals surface area contributed by atoms with Gasteiger partial charge in [-0.1, -0.05) is 18.2 Å². The van der Waals surface area contributed by atoms with Gasteiger partial charge in [0.1, 0.15) is 5.75 Å². The van der Waals surface area contributed by atoms with E-state index in [1.54, 1.807) is 24.3 Å². The quantitative estimate of drug-likeness (QED) is 0.764. The van der Waals surface area contributed by atoms with Crippen LogP contribution in [0.4, 0.5) is 5.69 Å². The summed E-state index contributed by atoms with van der Waals surface area (Å²) in [7, 11) is 0. The van der Waals surface area contributed by atoms with E-state index in [1.165, 1.54) is 17.7 Å². The lowest BCUT2D eigenvalue weighted by atomic mass is 10.2. The number of anilines is 1. The van der Waals surface area contributed by atoms with Crippen molar-refractivity contribution in [3.63, 3.8) is 0 Å². The van der Waals surface area contributed by atoms with Crippen molar-refractivity contribution >= 4 is 11.6 Å². The third kappa shape index (κ3) is 5.47. The van der Waals surface area contributed by atoms with Gasteiger partial charge in [-0.3, -0.25) is 4.79 Å². The van der Waals surface area contributed by atoms with Crippen LogP contribution in [0.1, 0.15) is 28.8 Å². The highest BCUT2D eigenvalue weighted by atomic mass is 16.5. The average Bonchev–Trinajstić information content (AvgIpc) is 2.92. The Morgan fingerprint density at radius 1 is 1.04 bits per heavy atom. The number of rotatable bonds is 7.